The van der Waals surface area contributed by atoms with Crippen molar-refractivity contribution in [3.8, 4) is 0 Å². The molecule has 0 saturated carbocycles. The van der Waals surface area contributed by atoms with Crippen molar-refractivity contribution >= 4 is 28.7 Å². The average Bonchev–Trinajstić information content (AvgIpc) is 3.10. The number of H-pyrrole nitrogens is 1. The van der Waals surface area contributed by atoms with Crippen LogP contribution in [0.4, 0.5) is 0 Å². The summed E-state index contributed by atoms with van der Waals surface area (Å²) in [6.45, 7) is 3.03. The zero-order valence-corrected chi connectivity index (χ0v) is 13.7. The highest BCUT2D eigenvalue weighted by atomic mass is 32.2. The monoisotopic (exact) mass is 318 g/mol. The molecule has 2 aromatic rings. The fourth-order valence-corrected chi connectivity index (χ4v) is 3.54. The van der Waals surface area contributed by atoms with Crippen LogP contribution in [-0.2, 0) is 10.5 Å². The molecule has 1 fully saturated rings. The van der Waals surface area contributed by atoms with E-state index in [1.807, 2.05) is 24.3 Å². The van der Waals surface area contributed by atoms with E-state index < -0.39 is 0 Å². The van der Waals surface area contributed by atoms with E-state index in [1.54, 1.807) is 11.8 Å². The summed E-state index contributed by atoms with van der Waals surface area (Å²) in [7, 11) is 2.13. The van der Waals surface area contributed by atoms with Crippen LogP contribution in [0.3, 0.4) is 0 Å². The number of aromatic amines is 1. The number of aromatic nitrogens is 2. The lowest BCUT2D eigenvalue weighted by Gasteiger charge is -2.11. The molecule has 2 heterocycles. The van der Waals surface area contributed by atoms with Crippen molar-refractivity contribution < 1.29 is 4.79 Å². The van der Waals surface area contributed by atoms with Crippen molar-refractivity contribution in [3.63, 3.8) is 0 Å². The van der Waals surface area contributed by atoms with Gasteiger partial charge in [-0.15, -0.1) is 11.8 Å². The maximum absolute atomic E-state index is 11.9. The number of thioether (sulfide) groups is 1. The molecule has 1 saturated heterocycles. The predicted molar refractivity (Wildman–Crippen MR) is 90.9 cm³/mol. The summed E-state index contributed by atoms with van der Waals surface area (Å²) >= 11 is 1.60. The van der Waals surface area contributed by atoms with Crippen LogP contribution in [0.2, 0.25) is 0 Å². The predicted octanol–water partition coefficient (Wildman–Crippen LogP) is 1.86. The first kappa shape index (κ1) is 15.4. The number of benzene rings is 1. The molecular formula is C16H22N4OS. The molecule has 0 bridgehead atoms. The molecule has 0 unspecified atom stereocenters. The number of hydrogen-bond donors (Lipinski definition) is 2. The molecule has 0 spiro atoms. The molecule has 0 aliphatic carbocycles. The van der Waals surface area contributed by atoms with Crippen LogP contribution in [0.5, 0.6) is 0 Å². The summed E-state index contributed by atoms with van der Waals surface area (Å²) in [5.41, 5.74) is 2.03. The van der Waals surface area contributed by atoms with Crippen LogP contribution in [0, 0.1) is 5.92 Å². The van der Waals surface area contributed by atoms with Gasteiger partial charge in [0.05, 0.1) is 22.5 Å². The van der Waals surface area contributed by atoms with E-state index in [9.17, 15) is 4.79 Å². The molecule has 0 radical (unpaired) electrons. The van der Waals surface area contributed by atoms with E-state index in [0.29, 0.717) is 11.7 Å². The van der Waals surface area contributed by atoms with E-state index in [0.717, 1.165) is 42.2 Å². The van der Waals surface area contributed by atoms with E-state index in [4.69, 9.17) is 0 Å². The Morgan fingerprint density at radius 3 is 3.14 bits per heavy atom. The smallest absolute Gasteiger partial charge is 0.230 e. The first-order chi connectivity index (χ1) is 10.7. The Balaban J connectivity index is 1.38. The third-order valence-electron chi connectivity index (χ3n) is 3.99. The van der Waals surface area contributed by atoms with E-state index in [-0.39, 0.29) is 5.91 Å². The van der Waals surface area contributed by atoms with Crippen LogP contribution in [0.1, 0.15) is 12.2 Å². The van der Waals surface area contributed by atoms with Crippen LogP contribution in [0.25, 0.3) is 11.0 Å². The molecule has 5 nitrogen and oxygen atoms in total. The van der Waals surface area contributed by atoms with Gasteiger partial charge in [0, 0.05) is 13.1 Å². The number of nitrogens with one attached hydrogen (secondary N) is 2. The highest BCUT2D eigenvalue weighted by Crippen LogP contribution is 2.15. The number of fused-ring (bicyclic) bond motifs is 1. The van der Waals surface area contributed by atoms with E-state index in [2.05, 4.69) is 27.2 Å². The maximum Gasteiger partial charge on any atom is 0.230 e. The second-order valence-electron chi connectivity index (χ2n) is 5.91. The van der Waals surface area contributed by atoms with Crippen molar-refractivity contribution in [1.29, 1.82) is 0 Å². The lowest BCUT2D eigenvalue weighted by Crippen LogP contribution is -2.31. The molecule has 1 aromatic carbocycles. The third-order valence-corrected chi connectivity index (χ3v) is 4.93. The Labute approximate surface area is 134 Å². The molecular weight excluding hydrogens is 296 g/mol. The van der Waals surface area contributed by atoms with Gasteiger partial charge < -0.3 is 15.2 Å². The van der Waals surface area contributed by atoms with Gasteiger partial charge in [-0.3, -0.25) is 4.79 Å². The molecule has 1 amide bonds. The SMILES string of the molecule is CN1CC[C@H](CNC(=O)CSCc2nc3ccccc3[nH]2)C1. The Hall–Kier alpha value is -1.53. The van der Waals surface area contributed by atoms with Gasteiger partial charge in [0.25, 0.3) is 0 Å². The molecule has 3 rings (SSSR count). The Morgan fingerprint density at radius 1 is 1.50 bits per heavy atom. The van der Waals surface area contributed by atoms with Gasteiger partial charge in [-0.1, -0.05) is 12.1 Å². The number of amides is 1. The molecule has 6 heteroatoms. The number of hydrogen-bond acceptors (Lipinski definition) is 4. The average molecular weight is 318 g/mol. The van der Waals surface area contributed by atoms with Gasteiger partial charge in [0.2, 0.25) is 5.91 Å². The fourth-order valence-electron chi connectivity index (χ4n) is 2.82. The number of carbonyl (C=O) groups is 1. The second kappa shape index (κ2) is 7.15. The van der Waals surface area contributed by atoms with Gasteiger partial charge in [0.1, 0.15) is 5.82 Å². The number of nitrogens with zero attached hydrogens (tertiary/aromatic N) is 2. The standard InChI is InChI=1S/C16H22N4OS/c1-20-7-6-12(9-20)8-17-16(21)11-22-10-15-18-13-4-2-3-5-14(13)19-15/h2-5,12H,6-11H2,1H3,(H,17,21)(H,18,19)/t12-/m1/s1. The summed E-state index contributed by atoms with van der Waals surface area (Å²) in [5, 5.41) is 3.04. The molecule has 1 aliphatic rings. The highest BCUT2D eigenvalue weighted by molar-refractivity contribution is 7.99. The Kier molecular flexibility index (Phi) is 5.00. The van der Waals surface area contributed by atoms with Gasteiger partial charge in [-0.25, -0.2) is 4.98 Å². The number of para-hydroxylation sites is 2. The van der Waals surface area contributed by atoms with Gasteiger partial charge >= 0.3 is 0 Å². The lowest BCUT2D eigenvalue weighted by atomic mass is 10.1. The number of rotatable bonds is 6. The zero-order chi connectivity index (χ0) is 15.4. The summed E-state index contributed by atoms with van der Waals surface area (Å²) in [6, 6.07) is 7.98. The quantitative estimate of drug-likeness (QED) is 0.853. The second-order valence-corrected chi connectivity index (χ2v) is 6.90. The van der Waals surface area contributed by atoms with E-state index >= 15 is 0 Å². The minimum Gasteiger partial charge on any atom is -0.355 e. The van der Waals surface area contributed by atoms with E-state index in [1.165, 1.54) is 6.42 Å². The van der Waals surface area contributed by atoms with Crippen molar-refractivity contribution in [2.24, 2.45) is 5.92 Å². The van der Waals surface area contributed by atoms with Crippen molar-refractivity contribution in [3.05, 3.63) is 30.1 Å². The number of likely N-dealkylation sites (tertiary alicyclic amines) is 1. The van der Waals surface area contributed by atoms with Crippen LogP contribution < -0.4 is 5.32 Å². The summed E-state index contributed by atoms with van der Waals surface area (Å²) in [4.78, 5) is 22.0. The molecule has 1 aromatic heterocycles. The van der Waals surface area contributed by atoms with Crippen LogP contribution >= 0.6 is 11.8 Å². The van der Waals surface area contributed by atoms with Crippen molar-refractivity contribution in [2.45, 2.75) is 12.2 Å². The third kappa shape index (κ3) is 4.01. The van der Waals surface area contributed by atoms with Gasteiger partial charge in [-0.05, 0) is 38.1 Å². The first-order valence-electron chi connectivity index (χ1n) is 7.67. The molecule has 2 N–H and O–H groups in total. The Bertz CT molecular complexity index is 609. The van der Waals surface area contributed by atoms with Crippen LogP contribution in [-0.4, -0.2) is 53.2 Å². The summed E-state index contributed by atoms with van der Waals surface area (Å²) in [5.74, 6) is 2.87. The molecule has 22 heavy (non-hydrogen) atoms. The maximum atomic E-state index is 11.9. The fraction of sp³-hybridized carbons (Fsp3) is 0.500. The highest BCUT2D eigenvalue weighted by Gasteiger charge is 2.19. The van der Waals surface area contributed by atoms with Crippen molar-refractivity contribution in [1.82, 2.24) is 20.2 Å². The van der Waals surface area contributed by atoms with Crippen LogP contribution in [0.15, 0.2) is 24.3 Å². The molecule has 1 aliphatic heterocycles. The van der Waals surface area contributed by atoms with Crippen molar-refractivity contribution in [2.75, 3.05) is 32.4 Å². The molecule has 118 valence electrons. The number of carbonyl (C=O) groups excluding carboxylic acids is 1. The summed E-state index contributed by atoms with van der Waals surface area (Å²) < 4.78 is 0. The van der Waals surface area contributed by atoms with Gasteiger partial charge in [-0.2, -0.15) is 0 Å². The Morgan fingerprint density at radius 2 is 2.36 bits per heavy atom. The first-order valence-corrected chi connectivity index (χ1v) is 8.83. The molecule has 1 atom stereocenters. The number of imidazole rings is 1. The minimum absolute atomic E-state index is 0.121. The normalized spacial score (nSPS) is 18.9. The lowest BCUT2D eigenvalue weighted by molar-refractivity contribution is -0.118. The zero-order valence-electron chi connectivity index (χ0n) is 12.8. The topological polar surface area (TPSA) is 61.0 Å². The summed E-state index contributed by atoms with van der Waals surface area (Å²) in [6.07, 6.45) is 1.18. The van der Waals surface area contributed by atoms with Gasteiger partial charge in [0.15, 0.2) is 0 Å². The largest absolute Gasteiger partial charge is 0.355 e. The minimum atomic E-state index is 0.121.